The summed E-state index contributed by atoms with van der Waals surface area (Å²) in [5.74, 6) is 0.269. The lowest BCUT2D eigenvalue weighted by molar-refractivity contribution is -0.119. The van der Waals surface area contributed by atoms with Crippen molar-refractivity contribution in [1.29, 1.82) is 0 Å². The van der Waals surface area contributed by atoms with Gasteiger partial charge in [0.05, 0.1) is 11.4 Å². The third-order valence-electron chi connectivity index (χ3n) is 7.86. The quantitative estimate of drug-likeness (QED) is 0.268. The zero-order valence-corrected chi connectivity index (χ0v) is 24.4. The Kier molecular flexibility index (Phi) is 8.37. The van der Waals surface area contributed by atoms with E-state index in [4.69, 9.17) is 0 Å². The number of amides is 1. The molecule has 0 bridgehead atoms. The predicted molar refractivity (Wildman–Crippen MR) is 157 cm³/mol. The molecule has 0 fully saturated rings. The van der Waals surface area contributed by atoms with Crippen molar-refractivity contribution in [3.05, 3.63) is 113 Å². The zero-order chi connectivity index (χ0) is 29.1. The first-order valence-electron chi connectivity index (χ1n) is 13.8. The van der Waals surface area contributed by atoms with Crippen LogP contribution in [0.3, 0.4) is 0 Å². The van der Waals surface area contributed by atoms with Crippen LogP contribution in [0.25, 0.3) is 0 Å². The van der Waals surface area contributed by atoms with Crippen molar-refractivity contribution in [3.8, 4) is 0 Å². The molecule has 1 N–H and O–H groups in total. The predicted octanol–water partition coefficient (Wildman–Crippen LogP) is 5.95. The lowest BCUT2D eigenvalue weighted by atomic mass is 9.87. The maximum absolute atomic E-state index is 13.8. The Morgan fingerprint density at radius 3 is 2.63 bits per heavy atom. The van der Waals surface area contributed by atoms with Gasteiger partial charge < -0.3 is 9.47 Å². The van der Waals surface area contributed by atoms with Gasteiger partial charge in [-0.25, -0.2) is 22.5 Å². The normalized spacial score (nSPS) is 15.8. The van der Waals surface area contributed by atoms with Crippen LogP contribution in [-0.4, -0.2) is 23.9 Å². The average molecular weight is 575 g/mol. The number of halogens is 1. The monoisotopic (exact) mass is 574 g/mol. The summed E-state index contributed by atoms with van der Waals surface area (Å²) in [4.78, 5) is 20.1. The highest BCUT2D eigenvalue weighted by Gasteiger charge is 2.28. The zero-order valence-electron chi connectivity index (χ0n) is 23.5. The van der Waals surface area contributed by atoms with Crippen molar-refractivity contribution in [2.45, 2.75) is 62.9 Å². The molecule has 7 nitrogen and oxygen atoms in total. The standard InChI is InChI=1S/C32H35FN4O3S/c1-22(24-8-5-4-6-9-24)19-32(38)37(21-31-34-16-17-36(31)3)26-13-12-25-10-7-11-30(28(25)20-26)35-41(39,40)27-14-15-29(33)23(2)18-27/h4-6,8-9,12-18,20,22,30,35H,7,10-11,19,21H2,1-3H3/t22-,30+/m0/s1. The Balaban J connectivity index is 1.46. The van der Waals surface area contributed by atoms with Gasteiger partial charge in [-0.2, -0.15) is 0 Å². The minimum absolute atomic E-state index is 0.0175. The number of aryl methyl sites for hydroxylation is 3. The van der Waals surface area contributed by atoms with Gasteiger partial charge >= 0.3 is 0 Å². The molecule has 0 saturated carbocycles. The van der Waals surface area contributed by atoms with Crippen molar-refractivity contribution in [1.82, 2.24) is 14.3 Å². The molecule has 0 radical (unpaired) electrons. The van der Waals surface area contributed by atoms with Gasteiger partial charge in [-0.05, 0) is 84.7 Å². The lowest BCUT2D eigenvalue weighted by Crippen LogP contribution is -2.34. The van der Waals surface area contributed by atoms with E-state index in [1.807, 2.05) is 73.3 Å². The molecule has 0 unspecified atom stereocenters. The molecule has 2 atom stereocenters. The van der Waals surface area contributed by atoms with Crippen LogP contribution in [0.1, 0.15) is 66.2 Å². The van der Waals surface area contributed by atoms with Crippen molar-refractivity contribution < 1.29 is 17.6 Å². The Bertz CT molecular complexity index is 1650. The van der Waals surface area contributed by atoms with Crippen LogP contribution in [-0.2, 0) is 34.8 Å². The number of imidazole rings is 1. The molecule has 1 aliphatic rings. The van der Waals surface area contributed by atoms with E-state index in [0.717, 1.165) is 35.4 Å². The van der Waals surface area contributed by atoms with E-state index >= 15 is 0 Å². The molecule has 3 aromatic carbocycles. The summed E-state index contributed by atoms with van der Waals surface area (Å²) in [5, 5.41) is 0. The number of sulfonamides is 1. The number of fused-ring (bicyclic) bond motifs is 1. The van der Waals surface area contributed by atoms with Crippen molar-refractivity contribution in [2.75, 3.05) is 4.90 Å². The van der Waals surface area contributed by atoms with E-state index in [1.54, 1.807) is 18.0 Å². The van der Waals surface area contributed by atoms with Crippen LogP contribution in [0.4, 0.5) is 10.1 Å². The summed E-state index contributed by atoms with van der Waals surface area (Å²) in [6.07, 6.45) is 6.13. The molecule has 0 saturated heterocycles. The number of rotatable bonds is 9. The van der Waals surface area contributed by atoms with Gasteiger partial charge in [0.25, 0.3) is 0 Å². The molecular formula is C32H35FN4O3S. The molecule has 41 heavy (non-hydrogen) atoms. The number of nitrogens with one attached hydrogen (secondary N) is 1. The van der Waals surface area contributed by atoms with Gasteiger partial charge in [-0.1, -0.05) is 43.3 Å². The molecule has 1 aliphatic carbocycles. The average Bonchev–Trinajstić information content (AvgIpc) is 3.37. The van der Waals surface area contributed by atoms with Crippen molar-refractivity contribution >= 4 is 21.6 Å². The first kappa shape index (κ1) is 28.7. The number of carbonyl (C=O) groups excluding carboxylic acids is 1. The van der Waals surface area contributed by atoms with E-state index in [1.165, 1.54) is 18.2 Å². The third-order valence-corrected chi connectivity index (χ3v) is 9.33. The summed E-state index contributed by atoms with van der Waals surface area (Å²) in [6.45, 7) is 3.87. The van der Waals surface area contributed by atoms with Gasteiger partial charge in [-0.3, -0.25) is 4.79 Å². The molecule has 1 heterocycles. The summed E-state index contributed by atoms with van der Waals surface area (Å²) < 4.78 is 45.1. The second kappa shape index (κ2) is 12.0. The number of nitrogens with zero attached hydrogens (tertiary/aromatic N) is 3. The number of benzene rings is 3. The van der Waals surface area contributed by atoms with E-state index in [-0.39, 0.29) is 28.8 Å². The molecule has 1 aromatic heterocycles. The Labute approximate surface area is 241 Å². The van der Waals surface area contributed by atoms with Crippen LogP contribution in [0.2, 0.25) is 0 Å². The molecule has 0 aliphatic heterocycles. The van der Waals surface area contributed by atoms with E-state index in [2.05, 4.69) is 9.71 Å². The molecule has 4 aromatic rings. The number of hydrogen-bond donors (Lipinski definition) is 1. The third kappa shape index (κ3) is 6.41. The molecule has 214 valence electrons. The van der Waals surface area contributed by atoms with Crippen molar-refractivity contribution in [3.63, 3.8) is 0 Å². The van der Waals surface area contributed by atoms with Gasteiger partial charge in [-0.15, -0.1) is 0 Å². The van der Waals surface area contributed by atoms with Gasteiger partial charge in [0.2, 0.25) is 15.9 Å². The summed E-state index contributed by atoms with van der Waals surface area (Å²) in [5.41, 5.74) is 3.96. The first-order valence-corrected chi connectivity index (χ1v) is 15.3. The van der Waals surface area contributed by atoms with E-state index in [9.17, 15) is 17.6 Å². The number of carbonyl (C=O) groups is 1. The Morgan fingerprint density at radius 2 is 1.93 bits per heavy atom. The van der Waals surface area contributed by atoms with E-state index in [0.29, 0.717) is 18.5 Å². The summed E-state index contributed by atoms with van der Waals surface area (Å²) >= 11 is 0. The second-order valence-corrected chi connectivity index (χ2v) is 12.5. The highest BCUT2D eigenvalue weighted by atomic mass is 32.2. The highest BCUT2D eigenvalue weighted by molar-refractivity contribution is 7.89. The van der Waals surface area contributed by atoms with Gasteiger partial charge in [0.15, 0.2) is 0 Å². The van der Waals surface area contributed by atoms with Crippen LogP contribution in [0.5, 0.6) is 0 Å². The molecule has 9 heteroatoms. The fraction of sp³-hybridized carbons (Fsp3) is 0.312. The molecule has 1 amide bonds. The van der Waals surface area contributed by atoms with Crippen LogP contribution >= 0.6 is 0 Å². The summed E-state index contributed by atoms with van der Waals surface area (Å²) in [7, 11) is -2.00. The fourth-order valence-corrected chi connectivity index (χ4v) is 6.74. The minimum atomic E-state index is -3.90. The van der Waals surface area contributed by atoms with Crippen LogP contribution in [0, 0.1) is 12.7 Å². The van der Waals surface area contributed by atoms with Gasteiger partial charge in [0.1, 0.15) is 11.6 Å². The maximum Gasteiger partial charge on any atom is 0.241 e. The molecule has 5 rings (SSSR count). The van der Waals surface area contributed by atoms with Crippen LogP contribution < -0.4 is 9.62 Å². The fourth-order valence-electron chi connectivity index (χ4n) is 5.40. The topological polar surface area (TPSA) is 84.3 Å². The van der Waals surface area contributed by atoms with E-state index < -0.39 is 21.9 Å². The largest absolute Gasteiger partial charge is 0.337 e. The van der Waals surface area contributed by atoms with Gasteiger partial charge in [0, 0.05) is 37.6 Å². The number of anilines is 1. The van der Waals surface area contributed by atoms with Crippen LogP contribution in [0.15, 0.2) is 84.0 Å². The molecule has 0 spiro atoms. The number of hydrogen-bond acceptors (Lipinski definition) is 4. The smallest absolute Gasteiger partial charge is 0.241 e. The number of aromatic nitrogens is 2. The molecular weight excluding hydrogens is 539 g/mol. The second-order valence-electron chi connectivity index (χ2n) is 10.8. The lowest BCUT2D eigenvalue weighted by Gasteiger charge is -2.30. The Morgan fingerprint density at radius 1 is 1.15 bits per heavy atom. The SMILES string of the molecule is Cc1cc(S(=O)(=O)N[C@@H]2CCCc3ccc(N(Cc4nccn4C)C(=O)C[C@H](C)c4ccccc4)cc32)ccc1F. The first-order chi connectivity index (χ1) is 19.6. The summed E-state index contributed by atoms with van der Waals surface area (Å²) in [6, 6.07) is 19.2. The highest BCUT2D eigenvalue weighted by Crippen LogP contribution is 2.35. The minimum Gasteiger partial charge on any atom is -0.337 e. The maximum atomic E-state index is 13.8. The van der Waals surface area contributed by atoms with Crippen molar-refractivity contribution in [2.24, 2.45) is 7.05 Å². The Hall–Kier alpha value is -3.82.